The average molecular weight is 368 g/mol. The third kappa shape index (κ3) is 3.76. The highest BCUT2D eigenvalue weighted by molar-refractivity contribution is 7.89. The molecule has 0 aliphatic rings. The van der Waals surface area contributed by atoms with E-state index in [0.717, 1.165) is 20.8 Å². The quantitative estimate of drug-likeness (QED) is 0.678. The molecule has 0 radical (unpaired) electrons. The summed E-state index contributed by atoms with van der Waals surface area (Å²) in [6, 6.07) is 20.0. The van der Waals surface area contributed by atoms with Crippen LogP contribution in [0.1, 0.15) is 10.4 Å². The second-order valence-electron chi connectivity index (χ2n) is 6.15. The van der Waals surface area contributed by atoms with Crippen LogP contribution in [0.15, 0.2) is 71.6 Å². The van der Waals surface area contributed by atoms with Crippen LogP contribution in [-0.4, -0.2) is 39.1 Å². The molecule has 0 aliphatic heterocycles. The fraction of sp³-hybridized carbons (Fsp3) is 0.150. The minimum atomic E-state index is -3.56. The van der Waals surface area contributed by atoms with E-state index in [1.165, 1.54) is 26.2 Å². The SMILES string of the molecule is CN(C)S(=O)(=O)c1cccc(C(=O)CNc2ccc3ccccc3c2)c1. The van der Waals surface area contributed by atoms with Gasteiger partial charge in [0.1, 0.15) is 0 Å². The summed E-state index contributed by atoms with van der Waals surface area (Å²) in [4.78, 5) is 12.6. The first-order valence-electron chi connectivity index (χ1n) is 8.16. The molecule has 134 valence electrons. The Balaban J connectivity index is 1.75. The van der Waals surface area contributed by atoms with Crippen molar-refractivity contribution in [1.82, 2.24) is 4.31 Å². The summed E-state index contributed by atoms with van der Waals surface area (Å²) in [6.07, 6.45) is 0. The smallest absolute Gasteiger partial charge is 0.242 e. The lowest BCUT2D eigenvalue weighted by molar-refractivity contribution is 0.101. The van der Waals surface area contributed by atoms with Gasteiger partial charge in [-0.25, -0.2) is 12.7 Å². The third-order valence-electron chi connectivity index (χ3n) is 4.14. The van der Waals surface area contributed by atoms with Crippen LogP contribution in [0.3, 0.4) is 0 Å². The maximum absolute atomic E-state index is 12.5. The molecule has 0 aliphatic carbocycles. The molecule has 5 nitrogen and oxygen atoms in total. The molecule has 0 saturated heterocycles. The summed E-state index contributed by atoms with van der Waals surface area (Å²) in [5.41, 5.74) is 1.20. The lowest BCUT2D eigenvalue weighted by Crippen LogP contribution is -2.22. The number of rotatable bonds is 6. The molecule has 0 bridgehead atoms. The lowest BCUT2D eigenvalue weighted by Gasteiger charge is -2.12. The highest BCUT2D eigenvalue weighted by Gasteiger charge is 2.18. The van der Waals surface area contributed by atoms with Gasteiger partial charge in [-0.15, -0.1) is 0 Å². The largest absolute Gasteiger partial charge is 0.378 e. The summed E-state index contributed by atoms with van der Waals surface area (Å²) >= 11 is 0. The Hall–Kier alpha value is -2.70. The van der Waals surface area contributed by atoms with Crippen molar-refractivity contribution in [3.63, 3.8) is 0 Å². The Bertz CT molecular complexity index is 1060. The van der Waals surface area contributed by atoms with Gasteiger partial charge in [0.25, 0.3) is 0 Å². The van der Waals surface area contributed by atoms with E-state index >= 15 is 0 Å². The van der Waals surface area contributed by atoms with Crippen LogP contribution < -0.4 is 5.32 Å². The zero-order valence-corrected chi connectivity index (χ0v) is 15.5. The summed E-state index contributed by atoms with van der Waals surface area (Å²) in [5, 5.41) is 5.32. The Morgan fingerprint density at radius 2 is 1.65 bits per heavy atom. The molecule has 3 rings (SSSR count). The van der Waals surface area contributed by atoms with Crippen molar-refractivity contribution in [1.29, 1.82) is 0 Å². The Morgan fingerprint density at radius 3 is 2.38 bits per heavy atom. The topological polar surface area (TPSA) is 66.5 Å². The second-order valence-corrected chi connectivity index (χ2v) is 8.31. The van der Waals surface area contributed by atoms with Gasteiger partial charge in [0.2, 0.25) is 10.0 Å². The highest BCUT2D eigenvalue weighted by Crippen LogP contribution is 2.19. The predicted molar refractivity (Wildman–Crippen MR) is 104 cm³/mol. The van der Waals surface area contributed by atoms with Crippen LogP contribution >= 0.6 is 0 Å². The third-order valence-corrected chi connectivity index (χ3v) is 5.95. The molecule has 3 aromatic carbocycles. The molecule has 26 heavy (non-hydrogen) atoms. The van der Waals surface area contributed by atoms with Crippen LogP contribution in [0, 0.1) is 0 Å². The fourth-order valence-corrected chi connectivity index (χ4v) is 3.57. The Labute approximate surface area is 153 Å². The molecule has 0 saturated carbocycles. The second kappa shape index (κ2) is 7.27. The maximum Gasteiger partial charge on any atom is 0.242 e. The fourth-order valence-electron chi connectivity index (χ4n) is 2.62. The van der Waals surface area contributed by atoms with Crippen LogP contribution in [0.5, 0.6) is 0 Å². The van der Waals surface area contributed by atoms with Crippen molar-refractivity contribution in [2.45, 2.75) is 4.90 Å². The molecule has 0 unspecified atom stereocenters. The van der Waals surface area contributed by atoms with Gasteiger partial charge in [-0.05, 0) is 35.0 Å². The normalized spacial score (nSPS) is 11.7. The number of carbonyl (C=O) groups is 1. The predicted octanol–water partition coefficient (Wildman–Crippen LogP) is 3.38. The zero-order chi connectivity index (χ0) is 18.7. The molecular formula is C20H20N2O3S. The number of anilines is 1. The van der Waals surface area contributed by atoms with Gasteiger partial charge in [0, 0.05) is 25.3 Å². The van der Waals surface area contributed by atoms with Crippen molar-refractivity contribution in [3.8, 4) is 0 Å². The van der Waals surface area contributed by atoms with Crippen LogP contribution in [-0.2, 0) is 10.0 Å². The molecule has 0 fully saturated rings. The van der Waals surface area contributed by atoms with E-state index in [1.807, 2.05) is 42.5 Å². The highest BCUT2D eigenvalue weighted by atomic mass is 32.2. The monoisotopic (exact) mass is 368 g/mol. The van der Waals surface area contributed by atoms with Gasteiger partial charge in [-0.1, -0.05) is 42.5 Å². The van der Waals surface area contributed by atoms with E-state index in [4.69, 9.17) is 0 Å². The summed E-state index contributed by atoms with van der Waals surface area (Å²) in [6.45, 7) is 0.0871. The van der Waals surface area contributed by atoms with E-state index < -0.39 is 10.0 Å². The van der Waals surface area contributed by atoms with Gasteiger partial charge < -0.3 is 5.32 Å². The molecule has 0 spiro atoms. The number of fused-ring (bicyclic) bond motifs is 1. The van der Waals surface area contributed by atoms with Gasteiger partial charge in [-0.2, -0.15) is 0 Å². The first kappa shape index (κ1) is 18.1. The summed E-state index contributed by atoms with van der Waals surface area (Å²) in [5.74, 6) is -0.172. The first-order valence-corrected chi connectivity index (χ1v) is 9.60. The number of hydrogen-bond donors (Lipinski definition) is 1. The Morgan fingerprint density at radius 1 is 0.923 bits per heavy atom. The minimum Gasteiger partial charge on any atom is -0.378 e. The number of ketones is 1. The number of benzene rings is 3. The number of hydrogen-bond acceptors (Lipinski definition) is 4. The van der Waals surface area contributed by atoms with Crippen molar-refractivity contribution in [2.75, 3.05) is 26.0 Å². The van der Waals surface area contributed by atoms with E-state index in [-0.39, 0.29) is 17.2 Å². The number of Topliss-reactive ketones (excluding diaryl/α,β-unsaturated/α-hetero) is 1. The van der Waals surface area contributed by atoms with E-state index in [1.54, 1.807) is 12.1 Å². The van der Waals surface area contributed by atoms with Crippen molar-refractivity contribution in [3.05, 3.63) is 72.3 Å². The van der Waals surface area contributed by atoms with Gasteiger partial charge >= 0.3 is 0 Å². The van der Waals surface area contributed by atoms with Crippen LogP contribution in [0.2, 0.25) is 0 Å². The number of nitrogens with zero attached hydrogens (tertiary/aromatic N) is 1. The molecule has 3 aromatic rings. The number of nitrogens with one attached hydrogen (secondary N) is 1. The van der Waals surface area contributed by atoms with Crippen molar-refractivity contribution < 1.29 is 13.2 Å². The molecular weight excluding hydrogens is 348 g/mol. The maximum atomic E-state index is 12.5. The van der Waals surface area contributed by atoms with E-state index in [2.05, 4.69) is 5.32 Å². The van der Waals surface area contributed by atoms with Gasteiger partial charge in [0.05, 0.1) is 11.4 Å². The standard InChI is InChI=1S/C20H20N2O3S/c1-22(2)26(24,25)19-9-5-8-17(13-19)20(23)14-21-18-11-10-15-6-3-4-7-16(15)12-18/h3-13,21H,14H2,1-2H3. The lowest BCUT2D eigenvalue weighted by atomic mass is 10.1. The molecule has 0 atom stereocenters. The van der Waals surface area contributed by atoms with Crippen LogP contribution in [0.25, 0.3) is 10.8 Å². The molecule has 0 amide bonds. The van der Waals surface area contributed by atoms with Crippen LogP contribution in [0.4, 0.5) is 5.69 Å². The molecule has 1 N–H and O–H groups in total. The van der Waals surface area contributed by atoms with Gasteiger partial charge in [-0.3, -0.25) is 4.79 Å². The zero-order valence-electron chi connectivity index (χ0n) is 14.6. The first-order chi connectivity index (χ1) is 12.4. The van der Waals surface area contributed by atoms with Crippen molar-refractivity contribution >= 4 is 32.3 Å². The van der Waals surface area contributed by atoms with Gasteiger partial charge in [0.15, 0.2) is 5.78 Å². The average Bonchev–Trinajstić information content (AvgIpc) is 2.66. The van der Waals surface area contributed by atoms with E-state index in [9.17, 15) is 13.2 Å². The molecule has 6 heteroatoms. The summed E-state index contributed by atoms with van der Waals surface area (Å²) in [7, 11) is -0.637. The summed E-state index contributed by atoms with van der Waals surface area (Å²) < 4.78 is 25.5. The number of sulfonamides is 1. The number of carbonyl (C=O) groups excluding carboxylic acids is 1. The minimum absolute atomic E-state index is 0.0871. The molecule has 0 aromatic heterocycles. The Kier molecular flexibility index (Phi) is 5.06. The van der Waals surface area contributed by atoms with Crippen molar-refractivity contribution in [2.24, 2.45) is 0 Å². The van der Waals surface area contributed by atoms with E-state index in [0.29, 0.717) is 5.56 Å². The molecule has 0 heterocycles.